The number of hydrogen-bond acceptors (Lipinski definition) is 4. The molecule has 0 aromatic heterocycles. The molecule has 1 aromatic rings. The standard InChI is InChI=1S/C15H20N2O3/c1-5-17(10-11(2)9-16)15(18)13-8-12(19-3)6-7-14(13)20-4/h6-8,11H,5,10H2,1-4H3. The summed E-state index contributed by atoms with van der Waals surface area (Å²) in [5, 5.41) is 8.88. The molecule has 0 saturated carbocycles. The van der Waals surface area contributed by atoms with Crippen molar-refractivity contribution in [3.8, 4) is 17.6 Å². The van der Waals surface area contributed by atoms with Crippen LogP contribution in [-0.4, -0.2) is 38.1 Å². The van der Waals surface area contributed by atoms with E-state index in [0.29, 0.717) is 30.2 Å². The van der Waals surface area contributed by atoms with Gasteiger partial charge in [0, 0.05) is 13.1 Å². The highest BCUT2D eigenvalue weighted by molar-refractivity contribution is 5.97. The molecule has 0 fully saturated rings. The maximum Gasteiger partial charge on any atom is 0.257 e. The van der Waals surface area contributed by atoms with Crippen molar-refractivity contribution in [2.24, 2.45) is 5.92 Å². The van der Waals surface area contributed by atoms with Crippen molar-refractivity contribution in [1.29, 1.82) is 5.26 Å². The first-order valence-corrected chi connectivity index (χ1v) is 6.48. The van der Waals surface area contributed by atoms with Gasteiger partial charge in [0.2, 0.25) is 0 Å². The van der Waals surface area contributed by atoms with Crippen LogP contribution in [-0.2, 0) is 0 Å². The lowest BCUT2D eigenvalue weighted by Crippen LogP contribution is -2.34. The highest BCUT2D eigenvalue weighted by atomic mass is 16.5. The molecular formula is C15H20N2O3. The number of carbonyl (C=O) groups is 1. The van der Waals surface area contributed by atoms with Gasteiger partial charge in [-0.3, -0.25) is 4.79 Å². The Morgan fingerprint density at radius 3 is 2.60 bits per heavy atom. The Balaban J connectivity index is 3.08. The van der Waals surface area contributed by atoms with Gasteiger partial charge in [-0.15, -0.1) is 0 Å². The molecule has 20 heavy (non-hydrogen) atoms. The lowest BCUT2D eigenvalue weighted by atomic mass is 10.1. The van der Waals surface area contributed by atoms with Crippen LogP contribution in [0.1, 0.15) is 24.2 Å². The Morgan fingerprint density at radius 1 is 1.40 bits per heavy atom. The third-order valence-electron chi connectivity index (χ3n) is 3.02. The third kappa shape index (κ3) is 3.64. The Hall–Kier alpha value is -2.22. The molecule has 0 bridgehead atoms. The van der Waals surface area contributed by atoms with Crippen LogP contribution in [0.15, 0.2) is 18.2 Å². The number of rotatable bonds is 6. The van der Waals surface area contributed by atoms with E-state index in [4.69, 9.17) is 14.7 Å². The minimum atomic E-state index is -0.212. The molecule has 0 aliphatic rings. The van der Waals surface area contributed by atoms with E-state index >= 15 is 0 Å². The van der Waals surface area contributed by atoms with E-state index in [0.717, 1.165) is 0 Å². The Bertz CT molecular complexity index is 508. The number of ether oxygens (including phenoxy) is 2. The Kier molecular flexibility index (Phi) is 5.85. The van der Waals surface area contributed by atoms with Gasteiger partial charge in [0.25, 0.3) is 5.91 Å². The summed E-state index contributed by atoms with van der Waals surface area (Å²) in [6.07, 6.45) is 0. The molecule has 1 atom stereocenters. The van der Waals surface area contributed by atoms with Gasteiger partial charge in [-0.1, -0.05) is 0 Å². The van der Waals surface area contributed by atoms with Crippen molar-refractivity contribution in [2.45, 2.75) is 13.8 Å². The first kappa shape index (κ1) is 15.8. The highest BCUT2D eigenvalue weighted by Crippen LogP contribution is 2.25. The number of methoxy groups -OCH3 is 2. The molecule has 1 aromatic carbocycles. The van der Waals surface area contributed by atoms with E-state index in [1.54, 1.807) is 37.1 Å². The van der Waals surface area contributed by atoms with Crippen LogP contribution in [0.3, 0.4) is 0 Å². The molecule has 0 aliphatic heterocycles. The van der Waals surface area contributed by atoms with Gasteiger partial charge in [-0.2, -0.15) is 5.26 Å². The predicted molar refractivity (Wildman–Crippen MR) is 75.9 cm³/mol. The number of nitriles is 1. The van der Waals surface area contributed by atoms with Crippen molar-refractivity contribution in [2.75, 3.05) is 27.3 Å². The van der Waals surface area contributed by atoms with Crippen molar-refractivity contribution >= 4 is 5.91 Å². The third-order valence-corrected chi connectivity index (χ3v) is 3.02. The van der Waals surface area contributed by atoms with Gasteiger partial charge in [0.1, 0.15) is 11.5 Å². The molecule has 0 N–H and O–H groups in total. The summed E-state index contributed by atoms with van der Waals surface area (Å²) in [5.74, 6) is 0.721. The molecular weight excluding hydrogens is 256 g/mol. The molecule has 0 radical (unpaired) electrons. The van der Waals surface area contributed by atoms with Crippen LogP contribution in [0.5, 0.6) is 11.5 Å². The van der Waals surface area contributed by atoms with Gasteiger partial charge >= 0.3 is 0 Å². The summed E-state index contributed by atoms with van der Waals surface area (Å²) in [7, 11) is 3.07. The molecule has 5 heteroatoms. The summed E-state index contributed by atoms with van der Waals surface area (Å²) in [6, 6.07) is 7.23. The summed E-state index contributed by atoms with van der Waals surface area (Å²) in [6.45, 7) is 4.60. The summed E-state index contributed by atoms with van der Waals surface area (Å²) in [4.78, 5) is 14.2. The van der Waals surface area contributed by atoms with Crippen molar-refractivity contribution in [1.82, 2.24) is 4.90 Å². The Morgan fingerprint density at radius 2 is 2.10 bits per heavy atom. The average Bonchev–Trinajstić information content (AvgIpc) is 2.50. The summed E-state index contributed by atoms with van der Waals surface area (Å²) < 4.78 is 10.4. The van der Waals surface area contributed by atoms with Crippen LogP contribution in [0.25, 0.3) is 0 Å². The van der Waals surface area contributed by atoms with E-state index < -0.39 is 0 Å². The molecule has 1 unspecified atom stereocenters. The first-order chi connectivity index (χ1) is 9.57. The summed E-state index contributed by atoms with van der Waals surface area (Å²) >= 11 is 0. The van der Waals surface area contributed by atoms with Gasteiger partial charge in [0.15, 0.2) is 0 Å². The molecule has 1 rings (SSSR count). The molecule has 5 nitrogen and oxygen atoms in total. The van der Waals surface area contributed by atoms with Crippen LogP contribution in [0.4, 0.5) is 0 Å². The van der Waals surface area contributed by atoms with Crippen molar-refractivity contribution in [3.63, 3.8) is 0 Å². The fourth-order valence-corrected chi connectivity index (χ4v) is 1.88. The highest BCUT2D eigenvalue weighted by Gasteiger charge is 2.20. The molecule has 108 valence electrons. The second kappa shape index (κ2) is 7.39. The van der Waals surface area contributed by atoms with Crippen molar-refractivity contribution < 1.29 is 14.3 Å². The zero-order valence-corrected chi connectivity index (χ0v) is 12.3. The van der Waals surface area contributed by atoms with Gasteiger partial charge in [-0.25, -0.2) is 0 Å². The number of benzene rings is 1. The topological polar surface area (TPSA) is 62.6 Å². The van der Waals surface area contributed by atoms with Crippen LogP contribution >= 0.6 is 0 Å². The second-order valence-electron chi connectivity index (χ2n) is 4.44. The van der Waals surface area contributed by atoms with Gasteiger partial charge in [0.05, 0.1) is 31.8 Å². The predicted octanol–water partition coefficient (Wildman–Crippen LogP) is 2.33. The number of carbonyl (C=O) groups excluding carboxylic acids is 1. The molecule has 0 aliphatic carbocycles. The minimum Gasteiger partial charge on any atom is -0.497 e. The molecule has 0 saturated heterocycles. The van der Waals surface area contributed by atoms with Crippen LogP contribution < -0.4 is 9.47 Å². The number of nitrogens with zero attached hydrogens (tertiary/aromatic N) is 2. The fraction of sp³-hybridized carbons (Fsp3) is 0.467. The number of amides is 1. The van der Waals surface area contributed by atoms with E-state index in [1.807, 2.05) is 6.92 Å². The maximum absolute atomic E-state index is 12.6. The van der Waals surface area contributed by atoms with Gasteiger partial charge < -0.3 is 14.4 Å². The normalized spacial score (nSPS) is 11.3. The van der Waals surface area contributed by atoms with Crippen LogP contribution in [0, 0.1) is 17.2 Å². The fourth-order valence-electron chi connectivity index (χ4n) is 1.88. The second-order valence-corrected chi connectivity index (χ2v) is 4.44. The summed E-state index contributed by atoms with van der Waals surface area (Å²) in [5.41, 5.74) is 0.443. The van der Waals surface area contributed by atoms with Crippen molar-refractivity contribution in [3.05, 3.63) is 23.8 Å². The average molecular weight is 276 g/mol. The number of hydrogen-bond donors (Lipinski definition) is 0. The van der Waals surface area contributed by atoms with Gasteiger partial charge in [-0.05, 0) is 32.0 Å². The largest absolute Gasteiger partial charge is 0.497 e. The van der Waals surface area contributed by atoms with E-state index in [-0.39, 0.29) is 11.8 Å². The lowest BCUT2D eigenvalue weighted by molar-refractivity contribution is 0.0749. The smallest absolute Gasteiger partial charge is 0.257 e. The first-order valence-electron chi connectivity index (χ1n) is 6.48. The quantitative estimate of drug-likeness (QED) is 0.800. The van der Waals surface area contributed by atoms with Crippen LogP contribution in [0.2, 0.25) is 0 Å². The molecule has 1 amide bonds. The lowest BCUT2D eigenvalue weighted by Gasteiger charge is -2.23. The SMILES string of the molecule is CCN(CC(C)C#N)C(=O)c1cc(OC)ccc1OC. The van der Waals surface area contributed by atoms with E-state index in [9.17, 15) is 4.79 Å². The zero-order chi connectivity index (χ0) is 15.1. The minimum absolute atomic E-state index is 0.162. The molecule has 0 spiro atoms. The Labute approximate surface area is 119 Å². The maximum atomic E-state index is 12.6. The van der Waals surface area contributed by atoms with E-state index in [1.165, 1.54) is 7.11 Å². The van der Waals surface area contributed by atoms with E-state index in [2.05, 4.69) is 6.07 Å². The monoisotopic (exact) mass is 276 g/mol. The zero-order valence-electron chi connectivity index (χ0n) is 12.3. The molecule has 0 heterocycles.